The van der Waals surface area contributed by atoms with Crippen molar-refractivity contribution < 1.29 is 13.6 Å². The van der Waals surface area contributed by atoms with Crippen LogP contribution in [0.4, 0.5) is 8.78 Å². The lowest BCUT2D eigenvalue weighted by Gasteiger charge is -2.18. The first-order valence-electron chi connectivity index (χ1n) is 9.80. The van der Waals surface area contributed by atoms with Gasteiger partial charge in [-0.2, -0.15) is 19.0 Å². The number of nitrogens with one attached hydrogen (secondary N) is 1. The molecule has 0 atom stereocenters. The predicted molar refractivity (Wildman–Crippen MR) is 113 cm³/mol. The molecule has 0 saturated heterocycles. The normalized spacial score (nSPS) is 14.8. The van der Waals surface area contributed by atoms with Crippen molar-refractivity contribution in [2.45, 2.75) is 38.2 Å². The molecule has 0 bridgehead atoms. The Morgan fingerprint density at radius 3 is 2.68 bits per heavy atom. The Bertz CT molecular complexity index is 1200. The van der Waals surface area contributed by atoms with Gasteiger partial charge in [-0.15, -0.1) is 0 Å². The average Bonchev–Trinajstić information content (AvgIpc) is 3.54. The van der Waals surface area contributed by atoms with Crippen LogP contribution in [-0.4, -0.2) is 21.5 Å². The van der Waals surface area contributed by atoms with Crippen LogP contribution in [0.3, 0.4) is 0 Å². The molecule has 4 rings (SSSR count). The summed E-state index contributed by atoms with van der Waals surface area (Å²) < 4.78 is 31.3. The van der Waals surface area contributed by atoms with Crippen molar-refractivity contribution in [2.24, 2.45) is 22.5 Å². The van der Waals surface area contributed by atoms with E-state index >= 15 is 0 Å². The number of alkyl halides is 2. The average molecular weight is 427 g/mol. The van der Waals surface area contributed by atoms with Gasteiger partial charge in [0.05, 0.1) is 17.8 Å². The van der Waals surface area contributed by atoms with E-state index in [-0.39, 0.29) is 12.1 Å². The molecule has 1 heterocycles. The van der Waals surface area contributed by atoms with Gasteiger partial charge in [-0.1, -0.05) is 24.3 Å². The van der Waals surface area contributed by atoms with Crippen molar-refractivity contribution >= 4 is 22.6 Å². The van der Waals surface area contributed by atoms with Gasteiger partial charge in [0.25, 0.3) is 0 Å². The van der Waals surface area contributed by atoms with Crippen LogP contribution in [0.25, 0.3) is 10.9 Å². The summed E-state index contributed by atoms with van der Waals surface area (Å²) in [4.78, 5) is 12.1. The molecule has 1 saturated carbocycles. The second-order valence-electron chi connectivity index (χ2n) is 7.68. The summed E-state index contributed by atoms with van der Waals surface area (Å²) in [5, 5.41) is 8.31. The van der Waals surface area contributed by atoms with Crippen molar-refractivity contribution in [3.63, 3.8) is 0 Å². The van der Waals surface area contributed by atoms with Crippen LogP contribution in [0, 0.1) is 6.92 Å². The minimum atomic E-state index is -3.52. The van der Waals surface area contributed by atoms with E-state index in [1.165, 1.54) is 12.1 Å². The molecular formula is C21H23F2N7O. The van der Waals surface area contributed by atoms with Crippen LogP contribution in [0.2, 0.25) is 0 Å². The molecule has 7 N–H and O–H groups in total. The number of nitrogens with zero attached hydrogens (tertiary/aromatic N) is 3. The Kier molecular flexibility index (Phi) is 5.10. The fourth-order valence-corrected chi connectivity index (χ4v) is 3.94. The van der Waals surface area contributed by atoms with Crippen LogP contribution in [0.5, 0.6) is 0 Å². The number of carbonyl (C=O) groups excluding carboxylic acids is 1. The smallest absolute Gasteiger partial charge is 0.332 e. The lowest BCUT2D eigenvalue weighted by atomic mass is 9.97. The number of amides is 1. The van der Waals surface area contributed by atoms with E-state index in [1.807, 2.05) is 17.6 Å². The van der Waals surface area contributed by atoms with Gasteiger partial charge in [-0.25, -0.2) is 5.84 Å². The standard InChI is InChI=1S/C21H23F2N7O/c1-11-14-8-7-13(21(22,23)20(27-25)28-26)9-18(14)30(29-11)10-17-15(12-5-6-12)3-2-4-16(17)19(24)31/h2-4,7-9,12H,5-6,10,25-26H2,1H3,(H2,24,31)(H,27,28). The molecule has 2 aromatic carbocycles. The molecule has 1 amide bonds. The predicted octanol–water partition coefficient (Wildman–Crippen LogP) is 2.20. The number of carbonyl (C=O) groups is 1. The van der Waals surface area contributed by atoms with Crippen molar-refractivity contribution in [1.29, 1.82) is 0 Å². The van der Waals surface area contributed by atoms with Crippen molar-refractivity contribution in [3.05, 3.63) is 64.3 Å². The number of rotatable bonds is 6. The van der Waals surface area contributed by atoms with E-state index in [1.54, 1.807) is 23.7 Å². The molecule has 1 aromatic heterocycles. The van der Waals surface area contributed by atoms with Gasteiger partial charge in [0.2, 0.25) is 11.7 Å². The highest BCUT2D eigenvalue weighted by Gasteiger charge is 2.39. The molecule has 1 aliphatic rings. The fourth-order valence-electron chi connectivity index (χ4n) is 3.94. The Morgan fingerprint density at radius 2 is 2.06 bits per heavy atom. The van der Waals surface area contributed by atoms with Gasteiger partial charge in [-0.3, -0.25) is 9.48 Å². The van der Waals surface area contributed by atoms with Crippen LogP contribution in [0.1, 0.15) is 51.5 Å². The number of aromatic nitrogens is 2. The minimum Gasteiger partial charge on any atom is -0.366 e. The number of hydrazine groups is 1. The second kappa shape index (κ2) is 7.62. The number of benzene rings is 2. The Balaban J connectivity index is 1.84. The molecular weight excluding hydrogens is 404 g/mol. The zero-order valence-electron chi connectivity index (χ0n) is 16.9. The van der Waals surface area contributed by atoms with Gasteiger partial charge >= 0.3 is 5.92 Å². The highest BCUT2D eigenvalue weighted by atomic mass is 19.3. The number of amidine groups is 1. The second-order valence-corrected chi connectivity index (χ2v) is 7.68. The summed E-state index contributed by atoms with van der Waals surface area (Å²) in [6.07, 6.45) is 2.08. The highest BCUT2D eigenvalue weighted by molar-refractivity contribution is 5.95. The Hall–Kier alpha value is -3.53. The van der Waals surface area contributed by atoms with E-state index in [0.29, 0.717) is 22.7 Å². The maximum absolute atomic E-state index is 14.8. The number of hydrogen-bond acceptors (Lipinski definition) is 5. The first-order chi connectivity index (χ1) is 14.8. The minimum absolute atomic E-state index is 0.233. The number of primary amides is 1. The van der Waals surface area contributed by atoms with Gasteiger partial charge in [-0.05, 0) is 48.9 Å². The van der Waals surface area contributed by atoms with Crippen LogP contribution in [0.15, 0.2) is 41.5 Å². The van der Waals surface area contributed by atoms with Gasteiger partial charge in [0.15, 0.2) is 0 Å². The summed E-state index contributed by atoms with van der Waals surface area (Å²) >= 11 is 0. The third-order valence-corrected chi connectivity index (χ3v) is 5.66. The van der Waals surface area contributed by atoms with Gasteiger partial charge in [0.1, 0.15) is 0 Å². The van der Waals surface area contributed by atoms with E-state index in [0.717, 1.165) is 29.4 Å². The molecule has 0 unspecified atom stereocenters. The van der Waals surface area contributed by atoms with E-state index < -0.39 is 17.7 Å². The largest absolute Gasteiger partial charge is 0.366 e. The SMILES string of the molecule is Cc1nn(Cc2c(C(N)=O)cccc2C2CC2)c2cc(C(F)(F)/C(=N/N)NN)ccc12. The summed E-state index contributed by atoms with van der Waals surface area (Å²) in [5.41, 5.74) is 10.5. The molecule has 10 heteroatoms. The zero-order chi connectivity index (χ0) is 22.3. The number of hydrazone groups is 1. The summed E-state index contributed by atoms with van der Waals surface area (Å²) in [7, 11) is 0. The van der Waals surface area contributed by atoms with Crippen molar-refractivity contribution in [1.82, 2.24) is 15.2 Å². The maximum Gasteiger partial charge on any atom is 0.332 e. The third kappa shape index (κ3) is 3.59. The van der Waals surface area contributed by atoms with E-state index in [4.69, 9.17) is 17.4 Å². The first-order valence-corrected chi connectivity index (χ1v) is 9.80. The number of hydrogen-bond donors (Lipinski definition) is 4. The molecule has 3 aromatic rings. The summed E-state index contributed by atoms with van der Waals surface area (Å²) in [6.45, 7) is 2.03. The lowest BCUT2D eigenvalue weighted by Crippen LogP contribution is -2.43. The van der Waals surface area contributed by atoms with E-state index in [9.17, 15) is 13.6 Å². The number of aryl methyl sites for hydroxylation is 1. The quantitative estimate of drug-likeness (QED) is 0.207. The third-order valence-electron chi connectivity index (χ3n) is 5.66. The summed E-state index contributed by atoms with van der Waals surface area (Å²) in [6, 6.07) is 9.67. The number of halogens is 2. The first kappa shape index (κ1) is 20.7. The van der Waals surface area contributed by atoms with Crippen LogP contribution >= 0.6 is 0 Å². The van der Waals surface area contributed by atoms with E-state index in [2.05, 4.69) is 10.2 Å². The highest BCUT2D eigenvalue weighted by Crippen LogP contribution is 2.42. The van der Waals surface area contributed by atoms with Gasteiger partial charge < -0.3 is 17.0 Å². The molecule has 31 heavy (non-hydrogen) atoms. The lowest BCUT2D eigenvalue weighted by molar-refractivity contribution is 0.0714. The van der Waals surface area contributed by atoms with Crippen molar-refractivity contribution in [2.75, 3.05) is 0 Å². The summed E-state index contributed by atoms with van der Waals surface area (Å²) in [5.74, 6) is 5.66. The Morgan fingerprint density at radius 1 is 1.32 bits per heavy atom. The molecule has 0 aliphatic heterocycles. The maximum atomic E-state index is 14.8. The van der Waals surface area contributed by atoms with Crippen LogP contribution < -0.4 is 22.8 Å². The molecule has 162 valence electrons. The topological polar surface area (TPSA) is 137 Å². The van der Waals surface area contributed by atoms with Gasteiger partial charge in [0, 0.05) is 16.5 Å². The number of fused-ring (bicyclic) bond motifs is 1. The molecule has 0 spiro atoms. The Labute approximate surface area is 177 Å². The molecule has 8 nitrogen and oxygen atoms in total. The monoisotopic (exact) mass is 427 g/mol. The fraction of sp³-hybridized carbons (Fsp3) is 0.286. The molecule has 0 radical (unpaired) electrons. The zero-order valence-corrected chi connectivity index (χ0v) is 16.9. The van der Waals surface area contributed by atoms with Crippen LogP contribution in [-0.2, 0) is 12.5 Å². The molecule has 1 aliphatic carbocycles. The van der Waals surface area contributed by atoms with Crippen molar-refractivity contribution in [3.8, 4) is 0 Å². The molecule has 1 fully saturated rings. The number of nitrogens with two attached hydrogens (primary N) is 3.